The second kappa shape index (κ2) is 14.4. The van der Waals surface area contributed by atoms with Crippen molar-refractivity contribution in [3.63, 3.8) is 0 Å². The minimum absolute atomic E-state index is 0.186. The van der Waals surface area contributed by atoms with E-state index in [1.165, 1.54) is 25.7 Å². The van der Waals surface area contributed by atoms with Gasteiger partial charge in [0.2, 0.25) is 0 Å². The predicted molar refractivity (Wildman–Crippen MR) is 110 cm³/mol. The van der Waals surface area contributed by atoms with E-state index in [0.717, 1.165) is 25.7 Å². The summed E-state index contributed by atoms with van der Waals surface area (Å²) in [5, 5.41) is 30.1. The fourth-order valence-electron chi connectivity index (χ4n) is 4.05. The van der Waals surface area contributed by atoms with Crippen molar-refractivity contribution < 1.29 is 34.2 Å². The van der Waals surface area contributed by atoms with Crippen molar-refractivity contribution in [2.24, 2.45) is 17.8 Å². The van der Waals surface area contributed by atoms with Gasteiger partial charge in [0.25, 0.3) is 0 Å². The van der Waals surface area contributed by atoms with Crippen LogP contribution in [0.15, 0.2) is 0 Å². The van der Waals surface area contributed by atoms with Gasteiger partial charge in [0, 0.05) is 11.9 Å². The van der Waals surface area contributed by atoms with E-state index in [9.17, 15) is 29.7 Å². The Balaban J connectivity index is 5.18. The van der Waals surface area contributed by atoms with Crippen molar-refractivity contribution in [2.75, 3.05) is 26.2 Å². The Morgan fingerprint density at radius 3 is 1.48 bits per heavy atom. The molecule has 29 heavy (non-hydrogen) atoms. The monoisotopic (exact) mass is 415 g/mol. The molecule has 0 aliphatic heterocycles. The van der Waals surface area contributed by atoms with Crippen LogP contribution in [0.2, 0.25) is 0 Å². The first-order valence-electron chi connectivity index (χ1n) is 11.1. The first-order valence-corrected chi connectivity index (χ1v) is 11.1. The maximum absolute atomic E-state index is 11.5. The minimum atomic E-state index is -1.19. The molecule has 0 bridgehead atoms. The molecule has 7 nitrogen and oxygen atoms in total. The van der Waals surface area contributed by atoms with Crippen molar-refractivity contribution in [2.45, 2.75) is 79.1 Å². The summed E-state index contributed by atoms with van der Waals surface area (Å²) in [5.74, 6) is -5.22. The number of quaternary nitrogens is 1. The van der Waals surface area contributed by atoms with Crippen LogP contribution in [-0.4, -0.2) is 58.8 Å². The number of carbonyl (C=O) groups is 3. The molecule has 0 saturated carbocycles. The molecule has 0 aliphatic carbocycles. The van der Waals surface area contributed by atoms with Crippen LogP contribution in [0.1, 0.15) is 79.1 Å². The zero-order valence-electron chi connectivity index (χ0n) is 18.7. The van der Waals surface area contributed by atoms with Crippen LogP contribution < -0.4 is 5.11 Å². The van der Waals surface area contributed by atoms with Crippen LogP contribution in [0.25, 0.3) is 0 Å². The maximum atomic E-state index is 11.5. The third-order valence-electron chi connectivity index (χ3n) is 5.71. The number of nitrogens with zero attached hydrogens (tertiary/aromatic N) is 1. The van der Waals surface area contributed by atoms with E-state index in [4.69, 9.17) is 0 Å². The van der Waals surface area contributed by atoms with Gasteiger partial charge in [0.15, 0.2) is 0 Å². The van der Waals surface area contributed by atoms with Gasteiger partial charge in [-0.25, -0.2) is 0 Å². The maximum Gasteiger partial charge on any atom is 0.311 e. The van der Waals surface area contributed by atoms with Gasteiger partial charge in [-0.15, -0.1) is 0 Å². The lowest BCUT2D eigenvalue weighted by atomic mass is 10.0. The Kier molecular flexibility index (Phi) is 13.6. The van der Waals surface area contributed by atoms with Crippen LogP contribution in [0.4, 0.5) is 0 Å². The number of hydrogen-bond acceptors (Lipinski definition) is 4. The topological polar surface area (TPSA) is 115 Å². The van der Waals surface area contributed by atoms with Gasteiger partial charge in [-0.2, -0.15) is 0 Å². The Morgan fingerprint density at radius 2 is 1.10 bits per heavy atom. The number of rotatable bonds is 18. The molecule has 0 fully saturated rings. The highest BCUT2D eigenvalue weighted by molar-refractivity contribution is 5.70. The quantitative estimate of drug-likeness (QED) is 0.263. The van der Waals surface area contributed by atoms with E-state index >= 15 is 0 Å². The molecule has 0 spiro atoms. The summed E-state index contributed by atoms with van der Waals surface area (Å²) in [6, 6.07) is 0. The van der Waals surface area contributed by atoms with Gasteiger partial charge < -0.3 is 24.6 Å². The van der Waals surface area contributed by atoms with Crippen molar-refractivity contribution in [3.05, 3.63) is 0 Å². The second-order valence-corrected chi connectivity index (χ2v) is 8.79. The highest BCUT2D eigenvalue weighted by atomic mass is 16.4. The molecular formula is C22H41NO6. The number of carbonyl (C=O) groups excluding carboxylic acids is 1. The van der Waals surface area contributed by atoms with Gasteiger partial charge in [0.1, 0.15) is 11.8 Å². The standard InChI is InChI=1S/C22H41NO6/c1-5-6-7-8-9-10-11-12-13-23(14-17(2)20(24)25,15-18(3)21(26)27)16-19(4)22(28)29/h17-19H,5-16H2,1-4H3,(H2-,24,25,26,27,28,29). The minimum Gasteiger partial charge on any atom is -0.550 e. The summed E-state index contributed by atoms with van der Waals surface area (Å²) < 4.78 is 0.186. The van der Waals surface area contributed by atoms with Gasteiger partial charge in [0.05, 0.1) is 26.2 Å². The lowest BCUT2D eigenvalue weighted by molar-refractivity contribution is -0.934. The smallest absolute Gasteiger partial charge is 0.311 e. The average molecular weight is 416 g/mol. The lowest BCUT2D eigenvalue weighted by Gasteiger charge is -2.43. The average Bonchev–Trinajstić information content (AvgIpc) is 2.63. The van der Waals surface area contributed by atoms with E-state index < -0.39 is 35.7 Å². The largest absolute Gasteiger partial charge is 0.550 e. The summed E-state index contributed by atoms with van der Waals surface area (Å²) in [4.78, 5) is 34.3. The first kappa shape index (κ1) is 27.4. The van der Waals surface area contributed by atoms with Crippen molar-refractivity contribution in [1.82, 2.24) is 0 Å². The second-order valence-electron chi connectivity index (χ2n) is 8.79. The van der Waals surface area contributed by atoms with Crippen molar-refractivity contribution >= 4 is 17.9 Å². The molecule has 0 aromatic carbocycles. The number of hydrogen-bond donors (Lipinski definition) is 2. The summed E-state index contributed by atoms with van der Waals surface area (Å²) in [5.41, 5.74) is 0. The predicted octanol–water partition coefficient (Wildman–Crippen LogP) is 2.77. The van der Waals surface area contributed by atoms with E-state index in [0.29, 0.717) is 6.54 Å². The Morgan fingerprint density at radius 1 is 0.724 bits per heavy atom. The van der Waals surface area contributed by atoms with Crippen LogP contribution >= 0.6 is 0 Å². The molecule has 3 unspecified atom stereocenters. The van der Waals surface area contributed by atoms with E-state index in [-0.39, 0.29) is 24.1 Å². The van der Waals surface area contributed by atoms with Crippen LogP contribution in [-0.2, 0) is 14.4 Å². The molecule has 0 rings (SSSR count). The van der Waals surface area contributed by atoms with Crippen LogP contribution in [0, 0.1) is 17.8 Å². The number of carboxylic acid groups (broad SMARTS) is 3. The molecule has 2 N–H and O–H groups in total. The molecule has 3 atom stereocenters. The Hall–Kier alpha value is -1.63. The molecule has 0 radical (unpaired) electrons. The van der Waals surface area contributed by atoms with Crippen LogP contribution in [0.3, 0.4) is 0 Å². The van der Waals surface area contributed by atoms with Crippen LogP contribution in [0.5, 0.6) is 0 Å². The van der Waals surface area contributed by atoms with E-state index in [1.807, 2.05) is 0 Å². The molecule has 0 aromatic heterocycles. The summed E-state index contributed by atoms with van der Waals surface area (Å²) >= 11 is 0. The van der Waals surface area contributed by atoms with Gasteiger partial charge in [-0.05, 0) is 26.7 Å². The van der Waals surface area contributed by atoms with Gasteiger partial charge >= 0.3 is 11.9 Å². The number of unbranched alkanes of at least 4 members (excludes halogenated alkanes) is 7. The molecule has 0 saturated heterocycles. The zero-order valence-corrected chi connectivity index (χ0v) is 18.7. The zero-order chi connectivity index (χ0) is 22.4. The summed E-state index contributed by atoms with van der Waals surface area (Å²) in [6.07, 6.45) is 8.96. The highest BCUT2D eigenvalue weighted by Crippen LogP contribution is 2.22. The Bertz CT molecular complexity index is 452. The fourth-order valence-corrected chi connectivity index (χ4v) is 4.05. The fraction of sp³-hybridized carbons (Fsp3) is 0.864. The third-order valence-corrected chi connectivity index (χ3v) is 5.71. The van der Waals surface area contributed by atoms with E-state index in [2.05, 4.69) is 6.92 Å². The van der Waals surface area contributed by atoms with E-state index in [1.54, 1.807) is 20.8 Å². The third kappa shape index (κ3) is 11.8. The number of aliphatic carboxylic acids is 3. The van der Waals surface area contributed by atoms with Gasteiger partial charge in [-0.1, -0.05) is 52.4 Å². The molecule has 0 amide bonds. The molecule has 0 aliphatic rings. The summed E-state index contributed by atoms with van der Waals surface area (Å²) in [6.45, 7) is 8.14. The molecule has 0 heterocycles. The molecular weight excluding hydrogens is 374 g/mol. The molecule has 170 valence electrons. The van der Waals surface area contributed by atoms with Crippen molar-refractivity contribution in [3.8, 4) is 0 Å². The first-order chi connectivity index (χ1) is 13.5. The number of carboxylic acids is 3. The Labute approximate surface area is 175 Å². The van der Waals surface area contributed by atoms with Crippen molar-refractivity contribution in [1.29, 1.82) is 0 Å². The highest BCUT2D eigenvalue weighted by Gasteiger charge is 2.36. The normalized spacial score (nSPS) is 16.6. The van der Waals surface area contributed by atoms with Gasteiger partial charge in [-0.3, -0.25) is 9.59 Å². The molecule has 7 heteroatoms. The lowest BCUT2D eigenvalue weighted by Crippen LogP contribution is -2.58. The summed E-state index contributed by atoms with van der Waals surface area (Å²) in [7, 11) is 0. The molecule has 0 aromatic rings. The SMILES string of the molecule is CCCCCCCCCC[N+](CC(C)C(=O)[O-])(CC(C)C(=O)O)CC(C)C(=O)O.